The average molecular weight is 359 g/mol. The van der Waals surface area contributed by atoms with Crippen molar-refractivity contribution in [1.29, 1.82) is 0 Å². The van der Waals surface area contributed by atoms with Crippen LogP contribution in [0.4, 0.5) is 18.9 Å². The van der Waals surface area contributed by atoms with Crippen LogP contribution in [0.2, 0.25) is 5.15 Å². The fraction of sp³-hybridized carbons (Fsp3) is 0.200. The summed E-state index contributed by atoms with van der Waals surface area (Å²) in [7, 11) is 1.66. The quantitative estimate of drug-likeness (QED) is 0.649. The zero-order valence-corrected chi connectivity index (χ0v) is 13.5. The number of benzene rings is 1. The summed E-state index contributed by atoms with van der Waals surface area (Å²) in [5.41, 5.74) is 4.51. The zero-order valence-electron chi connectivity index (χ0n) is 12.8. The first-order valence-electron chi connectivity index (χ1n) is 6.79. The minimum Gasteiger partial charge on any atom is -0.298 e. The molecule has 0 radical (unpaired) electrons. The number of carbonyl (C=O) groups is 1. The second kappa shape index (κ2) is 6.96. The van der Waals surface area contributed by atoms with Crippen molar-refractivity contribution in [2.45, 2.75) is 13.1 Å². The Labute approximate surface area is 141 Å². The molecule has 1 heterocycles. The van der Waals surface area contributed by atoms with Crippen molar-refractivity contribution < 1.29 is 18.0 Å². The Hall–Kier alpha value is -2.48. The summed E-state index contributed by atoms with van der Waals surface area (Å²) in [4.78, 5) is 11.8. The van der Waals surface area contributed by atoms with E-state index in [4.69, 9.17) is 11.6 Å². The average Bonchev–Trinajstić information content (AvgIpc) is 2.75. The SMILES string of the molecule is Cc1nn(C)c(Cl)c1C=CC(=O)NNc1ccccc1C(F)(F)F. The van der Waals surface area contributed by atoms with Crippen molar-refractivity contribution >= 4 is 29.3 Å². The number of alkyl halides is 3. The van der Waals surface area contributed by atoms with E-state index in [-0.39, 0.29) is 5.69 Å². The maximum atomic E-state index is 12.8. The lowest BCUT2D eigenvalue weighted by Crippen LogP contribution is -2.28. The molecule has 2 aromatic rings. The number of nitrogens with one attached hydrogen (secondary N) is 2. The van der Waals surface area contributed by atoms with Gasteiger partial charge >= 0.3 is 6.18 Å². The van der Waals surface area contributed by atoms with Gasteiger partial charge in [0.05, 0.1) is 16.9 Å². The number of aryl methyl sites for hydroxylation is 2. The van der Waals surface area contributed by atoms with Gasteiger partial charge in [0.2, 0.25) is 0 Å². The Morgan fingerprint density at radius 3 is 2.58 bits per heavy atom. The number of anilines is 1. The Kier molecular flexibility index (Phi) is 5.18. The Morgan fingerprint density at radius 2 is 2.00 bits per heavy atom. The third-order valence-electron chi connectivity index (χ3n) is 3.15. The van der Waals surface area contributed by atoms with Gasteiger partial charge in [0.25, 0.3) is 5.91 Å². The molecule has 0 aliphatic heterocycles. The van der Waals surface area contributed by atoms with Crippen LogP contribution in [0, 0.1) is 6.92 Å². The highest BCUT2D eigenvalue weighted by Gasteiger charge is 2.33. The van der Waals surface area contributed by atoms with Gasteiger partial charge in [-0.05, 0) is 25.1 Å². The molecule has 0 aliphatic rings. The van der Waals surface area contributed by atoms with Crippen molar-refractivity contribution in [2.75, 3.05) is 5.43 Å². The number of para-hydroxylation sites is 1. The van der Waals surface area contributed by atoms with Crippen LogP contribution in [0.25, 0.3) is 6.08 Å². The maximum absolute atomic E-state index is 12.8. The van der Waals surface area contributed by atoms with Crippen LogP contribution >= 0.6 is 11.6 Å². The van der Waals surface area contributed by atoms with E-state index in [0.717, 1.165) is 12.1 Å². The van der Waals surface area contributed by atoms with E-state index in [1.54, 1.807) is 14.0 Å². The molecule has 0 saturated heterocycles. The lowest BCUT2D eigenvalue weighted by molar-refractivity contribution is -0.137. The monoisotopic (exact) mass is 358 g/mol. The molecule has 0 saturated carbocycles. The summed E-state index contributed by atoms with van der Waals surface area (Å²) in [6.07, 6.45) is -1.93. The van der Waals surface area contributed by atoms with Crippen LogP contribution in [0.5, 0.6) is 0 Å². The number of amides is 1. The number of rotatable bonds is 4. The van der Waals surface area contributed by atoms with Gasteiger partial charge in [-0.15, -0.1) is 0 Å². The molecule has 0 unspecified atom stereocenters. The van der Waals surface area contributed by atoms with E-state index in [0.29, 0.717) is 16.4 Å². The number of halogens is 4. The van der Waals surface area contributed by atoms with Crippen LogP contribution in [0.1, 0.15) is 16.8 Å². The Bertz CT molecular complexity index is 784. The van der Waals surface area contributed by atoms with Gasteiger partial charge in [-0.3, -0.25) is 20.3 Å². The maximum Gasteiger partial charge on any atom is 0.418 e. The number of nitrogens with zero attached hydrogens (tertiary/aromatic N) is 2. The van der Waals surface area contributed by atoms with E-state index in [9.17, 15) is 18.0 Å². The third-order valence-corrected chi connectivity index (χ3v) is 3.60. The van der Waals surface area contributed by atoms with E-state index < -0.39 is 17.6 Å². The largest absolute Gasteiger partial charge is 0.418 e. The first-order chi connectivity index (χ1) is 11.2. The molecule has 0 bridgehead atoms. The normalized spacial score (nSPS) is 11.8. The van der Waals surface area contributed by atoms with Gasteiger partial charge in [0.15, 0.2) is 0 Å². The number of hydrazine groups is 1. The lowest BCUT2D eigenvalue weighted by atomic mass is 10.2. The van der Waals surface area contributed by atoms with Crippen LogP contribution in [0.15, 0.2) is 30.3 Å². The lowest BCUT2D eigenvalue weighted by Gasteiger charge is -2.14. The van der Waals surface area contributed by atoms with Gasteiger partial charge in [-0.1, -0.05) is 23.7 Å². The molecule has 1 aromatic carbocycles. The first-order valence-corrected chi connectivity index (χ1v) is 7.17. The van der Waals surface area contributed by atoms with Gasteiger partial charge in [0.1, 0.15) is 5.15 Å². The highest BCUT2D eigenvalue weighted by molar-refractivity contribution is 6.31. The summed E-state index contributed by atoms with van der Waals surface area (Å²) in [6.45, 7) is 1.72. The summed E-state index contributed by atoms with van der Waals surface area (Å²) in [6, 6.07) is 4.83. The minimum absolute atomic E-state index is 0.248. The van der Waals surface area contributed by atoms with Crippen molar-refractivity contribution in [3.63, 3.8) is 0 Å². The van der Waals surface area contributed by atoms with E-state index in [1.165, 1.54) is 29.0 Å². The highest BCUT2D eigenvalue weighted by Crippen LogP contribution is 2.34. The number of hydrogen-bond acceptors (Lipinski definition) is 3. The molecule has 1 aromatic heterocycles. The molecule has 0 aliphatic carbocycles. The molecule has 2 N–H and O–H groups in total. The second-order valence-corrected chi connectivity index (χ2v) is 5.26. The van der Waals surface area contributed by atoms with Crippen LogP contribution in [0.3, 0.4) is 0 Å². The molecular formula is C15H14ClF3N4O. The summed E-state index contributed by atoms with van der Waals surface area (Å²) < 4.78 is 40.0. The molecule has 0 spiro atoms. The highest BCUT2D eigenvalue weighted by atomic mass is 35.5. The molecule has 1 amide bonds. The molecule has 9 heteroatoms. The standard InChI is InChI=1S/C15H14ClF3N4O/c1-9-10(14(16)23(2)22-9)7-8-13(24)21-20-12-6-4-3-5-11(12)15(17,18)19/h3-8,20H,1-2H3,(H,21,24). The minimum atomic E-state index is -4.52. The topological polar surface area (TPSA) is 59.0 Å². The number of hydrogen-bond donors (Lipinski definition) is 2. The fourth-order valence-corrected chi connectivity index (χ4v) is 2.24. The van der Waals surface area contributed by atoms with E-state index in [1.807, 2.05) is 0 Å². The van der Waals surface area contributed by atoms with E-state index in [2.05, 4.69) is 16.0 Å². The summed E-state index contributed by atoms with van der Waals surface area (Å²) >= 11 is 6.02. The number of carbonyl (C=O) groups excluding carboxylic acids is 1. The predicted molar refractivity (Wildman–Crippen MR) is 85.2 cm³/mol. The third kappa shape index (κ3) is 4.08. The van der Waals surface area contributed by atoms with Crippen molar-refractivity contribution in [3.8, 4) is 0 Å². The first kappa shape index (κ1) is 17.9. The predicted octanol–water partition coefficient (Wildman–Crippen LogP) is 3.56. The molecule has 0 atom stereocenters. The second-order valence-electron chi connectivity index (χ2n) is 4.90. The van der Waals surface area contributed by atoms with Gasteiger partial charge in [0, 0.05) is 18.7 Å². The van der Waals surface area contributed by atoms with Crippen molar-refractivity contribution in [1.82, 2.24) is 15.2 Å². The smallest absolute Gasteiger partial charge is 0.298 e. The van der Waals surface area contributed by atoms with Gasteiger partial charge in [-0.25, -0.2) is 0 Å². The molecule has 0 fully saturated rings. The Morgan fingerprint density at radius 1 is 1.33 bits per heavy atom. The summed E-state index contributed by atoms with van der Waals surface area (Å²) in [5, 5.41) is 4.44. The van der Waals surface area contributed by atoms with E-state index >= 15 is 0 Å². The van der Waals surface area contributed by atoms with Crippen molar-refractivity contribution in [2.24, 2.45) is 7.05 Å². The Balaban J connectivity index is 2.06. The molecule has 128 valence electrons. The van der Waals surface area contributed by atoms with Crippen LogP contribution in [-0.4, -0.2) is 15.7 Å². The fourth-order valence-electron chi connectivity index (χ4n) is 2.00. The zero-order chi connectivity index (χ0) is 17.9. The van der Waals surface area contributed by atoms with Gasteiger partial charge < -0.3 is 0 Å². The van der Waals surface area contributed by atoms with Crippen LogP contribution in [-0.2, 0) is 18.0 Å². The molecule has 2 rings (SSSR count). The van der Waals surface area contributed by atoms with Crippen molar-refractivity contribution in [3.05, 3.63) is 52.3 Å². The molecule has 5 nitrogen and oxygen atoms in total. The summed E-state index contributed by atoms with van der Waals surface area (Å²) in [5.74, 6) is -0.633. The molecular weight excluding hydrogens is 345 g/mol. The number of aromatic nitrogens is 2. The molecule has 24 heavy (non-hydrogen) atoms. The van der Waals surface area contributed by atoms with Crippen LogP contribution < -0.4 is 10.9 Å². The van der Waals surface area contributed by atoms with Gasteiger partial charge in [-0.2, -0.15) is 18.3 Å².